The molecule has 1 aliphatic heterocycles. The van der Waals surface area contributed by atoms with Gasteiger partial charge in [0.25, 0.3) is 0 Å². The lowest BCUT2D eigenvalue weighted by atomic mass is 10.3. The summed E-state index contributed by atoms with van der Waals surface area (Å²) in [4.78, 5) is 11.3. The predicted molar refractivity (Wildman–Crippen MR) is 74.9 cm³/mol. The van der Waals surface area contributed by atoms with Crippen LogP contribution in [0.4, 0.5) is 10.1 Å². The number of amides is 1. The van der Waals surface area contributed by atoms with Crippen molar-refractivity contribution in [2.45, 2.75) is 18.2 Å². The maximum Gasteiger partial charge on any atom is 0.243 e. The number of carbonyl (C=O) groups excluding carboxylic acids is 1. The number of morpholine rings is 1. The number of sulfonamides is 1. The number of halogens is 1. The third-order valence-corrected chi connectivity index (χ3v) is 5.04. The molecule has 1 saturated heterocycles. The lowest BCUT2D eigenvalue weighted by Crippen LogP contribution is -2.40. The van der Waals surface area contributed by atoms with E-state index in [0.29, 0.717) is 13.2 Å². The second-order valence-corrected chi connectivity index (χ2v) is 6.50. The smallest absolute Gasteiger partial charge is 0.243 e. The Morgan fingerprint density at radius 2 is 2.05 bits per heavy atom. The molecule has 8 heteroatoms. The van der Waals surface area contributed by atoms with Gasteiger partial charge >= 0.3 is 0 Å². The molecule has 0 bridgehead atoms. The number of rotatable bonds is 4. The van der Waals surface area contributed by atoms with E-state index >= 15 is 0 Å². The zero-order valence-corrected chi connectivity index (χ0v) is 12.5. The number of benzene rings is 1. The number of anilines is 1. The molecule has 1 amide bonds. The fourth-order valence-corrected chi connectivity index (χ4v) is 3.37. The Balaban J connectivity index is 2.30. The fraction of sp³-hybridized carbons (Fsp3) is 0.462. The van der Waals surface area contributed by atoms with E-state index in [1.165, 1.54) is 10.4 Å². The van der Waals surface area contributed by atoms with Gasteiger partial charge in [-0.2, -0.15) is 4.31 Å². The van der Waals surface area contributed by atoms with E-state index in [1.807, 2.05) is 0 Å². The van der Waals surface area contributed by atoms with Crippen LogP contribution in [0.5, 0.6) is 0 Å². The summed E-state index contributed by atoms with van der Waals surface area (Å²) >= 11 is 0. The monoisotopic (exact) mass is 316 g/mol. The lowest BCUT2D eigenvalue weighted by molar-refractivity contribution is -0.115. The zero-order valence-electron chi connectivity index (χ0n) is 11.6. The second kappa shape index (κ2) is 6.50. The average Bonchev–Trinajstić information content (AvgIpc) is 2.50. The standard InChI is InChI=1S/C13H17FN2O4S/c1-2-13(17)15-12-9-10(3-4-11(12)14)21(18,19)16-5-7-20-8-6-16/h3-4,9H,2,5-8H2,1H3,(H,15,17). The minimum Gasteiger partial charge on any atom is -0.379 e. The van der Waals surface area contributed by atoms with Gasteiger partial charge in [-0.1, -0.05) is 6.92 Å². The van der Waals surface area contributed by atoms with Crippen LogP contribution >= 0.6 is 0 Å². The molecule has 1 aromatic rings. The highest BCUT2D eigenvalue weighted by molar-refractivity contribution is 7.89. The third-order valence-electron chi connectivity index (χ3n) is 3.14. The predicted octanol–water partition coefficient (Wildman–Crippen LogP) is 1.20. The number of nitrogens with zero attached hydrogens (tertiary/aromatic N) is 1. The maximum atomic E-state index is 13.7. The van der Waals surface area contributed by atoms with Gasteiger partial charge in [0.15, 0.2) is 0 Å². The van der Waals surface area contributed by atoms with E-state index in [0.717, 1.165) is 12.1 Å². The van der Waals surface area contributed by atoms with Crippen molar-refractivity contribution < 1.29 is 22.3 Å². The molecule has 0 saturated carbocycles. The highest BCUT2D eigenvalue weighted by Crippen LogP contribution is 2.23. The molecule has 6 nitrogen and oxygen atoms in total. The highest BCUT2D eigenvalue weighted by Gasteiger charge is 2.27. The molecule has 1 aliphatic rings. The molecule has 0 aliphatic carbocycles. The second-order valence-electron chi connectivity index (χ2n) is 4.56. The summed E-state index contributed by atoms with van der Waals surface area (Å²) in [6.07, 6.45) is 0.180. The highest BCUT2D eigenvalue weighted by atomic mass is 32.2. The van der Waals surface area contributed by atoms with Crippen LogP contribution in [0.3, 0.4) is 0 Å². The van der Waals surface area contributed by atoms with Gasteiger partial charge in [0.05, 0.1) is 23.8 Å². The summed E-state index contributed by atoms with van der Waals surface area (Å²) in [5.41, 5.74) is -0.129. The summed E-state index contributed by atoms with van der Waals surface area (Å²) in [5, 5.41) is 2.35. The van der Waals surface area contributed by atoms with Crippen molar-refractivity contribution in [3.63, 3.8) is 0 Å². The van der Waals surface area contributed by atoms with Gasteiger partial charge < -0.3 is 10.1 Å². The van der Waals surface area contributed by atoms with Gasteiger partial charge in [-0.15, -0.1) is 0 Å². The molecule has 116 valence electrons. The van der Waals surface area contributed by atoms with E-state index in [9.17, 15) is 17.6 Å². The summed E-state index contributed by atoms with van der Waals surface area (Å²) in [6, 6.07) is 3.38. The summed E-state index contributed by atoms with van der Waals surface area (Å²) in [6.45, 7) is 2.81. The Morgan fingerprint density at radius 3 is 2.67 bits per heavy atom. The minimum absolute atomic E-state index is 0.0443. The van der Waals surface area contributed by atoms with Gasteiger partial charge in [0.1, 0.15) is 5.82 Å². The van der Waals surface area contributed by atoms with Crippen molar-refractivity contribution in [1.29, 1.82) is 0 Å². The molecule has 2 rings (SSSR count). The van der Waals surface area contributed by atoms with Crippen LogP contribution in [0.2, 0.25) is 0 Å². The fourth-order valence-electron chi connectivity index (χ4n) is 1.94. The van der Waals surface area contributed by atoms with Gasteiger partial charge in [0, 0.05) is 19.5 Å². The molecule has 1 aromatic carbocycles. The van der Waals surface area contributed by atoms with Crippen molar-refractivity contribution in [1.82, 2.24) is 4.31 Å². The van der Waals surface area contributed by atoms with E-state index in [-0.39, 0.29) is 36.0 Å². The average molecular weight is 316 g/mol. The first-order chi connectivity index (χ1) is 9.95. The molecule has 1 fully saturated rings. The minimum atomic E-state index is -3.71. The first-order valence-corrected chi connectivity index (χ1v) is 8.06. The molecule has 0 unspecified atom stereocenters. The zero-order chi connectivity index (χ0) is 15.5. The molecule has 1 heterocycles. The Labute approximate surface area is 122 Å². The quantitative estimate of drug-likeness (QED) is 0.905. The summed E-state index contributed by atoms with van der Waals surface area (Å²) in [5.74, 6) is -1.05. The van der Waals surface area contributed by atoms with Crippen molar-refractivity contribution in [2.24, 2.45) is 0 Å². The Kier molecular flexibility index (Phi) is 4.92. The molecule has 0 spiro atoms. The third kappa shape index (κ3) is 3.58. The number of hydrogen-bond donors (Lipinski definition) is 1. The SMILES string of the molecule is CCC(=O)Nc1cc(S(=O)(=O)N2CCOCC2)ccc1F. The molecule has 0 radical (unpaired) electrons. The van der Waals surface area contributed by atoms with Crippen LogP contribution in [0.15, 0.2) is 23.1 Å². The molecule has 1 N–H and O–H groups in total. The van der Waals surface area contributed by atoms with Crippen LogP contribution in [0.25, 0.3) is 0 Å². The first kappa shape index (κ1) is 15.9. The first-order valence-electron chi connectivity index (χ1n) is 6.62. The molecular formula is C13H17FN2O4S. The largest absolute Gasteiger partial charge is 0.379 e. The van der Waals surface area contributed by atoms with Crippen LogP contribution in [-0.2, 0) is 19.6 Å². The number of hydrogen-bond acceptors (Lipinski definition) is 4. The Hall–Kier alpha value is -1.51. The van der Waals surface area contributed by atoms with Crippen molar-refractivity contribution in [2.75, 3.05) is 31.6 Å². The van der Waals surface area contributed by atoms with E-state index < -0.39 is 15.8 Å². The Bertz CT molecular complexity index is 627. The summed E-state index contributed by atoms with van der Waals surface area (Å²) < 4.78 is 44.9. The number of nitrogens with one attached hydrogen (secondary N) is 1. The van der Waals surface area contributed by atoms with Crippen LogP contribution in [-0.4, -0.2) is 44.9 Å². The van der Waals surface area contributed by atoms with E-state index in [1.54, 1.807) is 6.92 Å². The van der Waals surface area contributed by atoms with E-state index in [2.05, 4.69) is 5.32 Å². The van der Waals surface area contributed by atoms with Crippen molar-refractivity contribution in [3.8, 4) is 0 Å². The molecule has 0 atom stereocenters. The number of carbonyl (C=O) groups is 1. The molecular weight excluding hydrogens is 299 g/mol. The lowest BCUT2D eigenvalue weighted by Gasteiger charge is -2.26. The van der Waals surface area contributed by atoms with Crippen LogP contribution in [0.1, 0.15) is 13.3 Å². The van der Waals surface area contributed by atoms with Crippen molar-refractivity contribution in [3.05, 3.63) is 24.0 Å². The Morgan fingerprint density at radius 1 is 1.38 bits per heavy atom. The maximum absolute atomic E-state index is 13.7. The number of ether oxygens (including phenoxy) is 1. The summed E-state index contributed by atoms with van der Waals surface area (Å²) in [7, 11) is -3.71. The molecule has 21 heavy (non-hydrogen) atoms. The van der Waals surface area contributed by atoms with Gasteiger partial charge in [-0.05, 0) is 18.2 Å². The van der Waals surface area contributed by atoms with E-state index in [4.69, 9.17) is 4.74 Å². The van der Waals surface area contributed by atoms with Crippen LogP contribution < -0.4 is 5.32 Å². The van der Waals surface area contributed by atoms with Gasteiger partial charge in [-0.25, -0.2) is 12.8 Å². The van der Waals surface area contributed by atoms with Crippen LogP contribution in [0, 0.1) is 5.82 Å². The van der Waals surface area contributed by atoms with Crippen molar-refractivity contribution >= 4 is 21.6 Å². The van der Waals surface area contributed by atoms with Gasteiger partial charge in [-0.3, -0.25) is 4.79 Å². The van der Waals surface area contributed by atoms with Gasteiger partial charge in [0.2, 0.25) is 15.9 Å². The topological polar surface area (TPSA) is 75.7 Å². The molecule has 0 aromatic heterocycles. The normalized spacial score (nSPS) is 16.7.